The normalized spacial score (nSPS) is 12.3. The highest BCUT2D eigenvalue weighted by atomic mass is 35.5. The quantitative estimate of drug-likeness (QED) is 0.637. The molecule has 0 spiro atoms. The number of aromatic nitrogens is 1. The highest BCUT2D eigenvalue weighted by Gasteiger charge is 2.11. The zero-order chi connectivity index (χ0) is 11.4. The molecule has 0 saturated carbocycles. The molecule has 0 bridgehead atoms. The first kappa shape index (κ1) is 12.4. The summed E-state index contributed by atoms with van der Waals surface area (Å²) >= 11 is 11.7. The number of pyridine rings is 1. The largest absolute Gasteiger partial charge is 0.474 e. The van der Waals surface area contributed by atoms with Gasteiger partial charge in [0.15, 0.2) is 5.82 Å². The van der Waals surface area contributed by atoms with Crippen LogP contribution in [0.1, 0.15) is 20.3 Å². The molecule has 1 aromatic heterocycles. The van der Waals surface area contributed by atoms with Crippen LogP contribution in [-0.4, -0.2) is 11.1 Å². The molecule has 0 aliphatic heterocycles. The second-order valence-electron chi connectivity index (χ2n) is 3.09. The highest BCUT2D eigenvalue weighted by Crippen LogP contribution is 2.30. The van der Waals surface area contributed by atoms with Crippen molar-refractivity contribution < 1.29 is 4.74 Å². The van der Waals surface area contributed by atoms with E-state index in [0.29, 0.717) is 21.7 Å². The number of anilines is 1. The minimum atomic E-state index is 0.0433. The Hall–Kier alpha value is -0.710. The minimum absolute atomic E-state index is 0.0433. The van der Waals surface area contributed by atoms with Crippen molar-refractivity contribution >= 4 is 29.0 Å². The molecule has 6 heteroatoms. The van der Waals surface area contributed by atoms with Gasteiger partial charge in [0.25, 0.3) is 0 Å². The van der Waals surface area contributed by atoms with Crippen LogP contribution in [-0.2, 0) is 0 Å². The third-order valence-electron chi connectivity index (χ3n) is 1.92. The number of nitrogens with one attached hydrogen (secondary N) is 1. The molecule has 1 unspecified atom stereocenters. The van der Waals surface area contributed by atoms with Gasteiger partial charge in [0.05, 0.1) is 11.1 Å². The molecule has 0 radical (unpaired) electrons. The van der Waals surface area contributed by atoms with Gasteiger partial charge in [-0.1, -0.05) is 30.1 Å². The first-order chi connectivity index (χ1) is 7.08. The molecule has 4 nitrogen and oxygen atoms in total. The van der Waals surface area contributed by atoms with Gasteiger partial charge in [0, 0.05) is 0 Å². The topological polar surface area (TPSA) is 60.2 Å². The first-order valence-electron chi connectivity index (χ1n) is 4.57. The lowest BCUT2D eigenvalue weighted by atomic mass is 10.3. The van der Waals surface area contributed by atoms with Crippen LogP contribution in [0, 0.1) is 0 Å². The fourth-order valence-corrected chi connectivity index (χ4v) is 1.37. The van der Waals surface area contributed by atoms with Crippen molar-refractivity contribution in [3.63, 3.8) is 0 Å². The predicted molar refractivity (Wildman–Crippen MR) is 62.4 cm³/mol. The van der Waals surface area contributed by atoms with E-state index < -0.39 is 0 Å². The van der Waals surface area contributed by atoms with E-state index in [2.05, 4.69) is 10.4 Å². The molecule has 3 N–H and O–H groups in total. The molecule has 1 rings (SSSR count). The van der Waals surface area contributed by atoms with Crippen LogP contribution in [0.15, 0.2) is 6.07 Å². The fraction of sp³-hybridized carbons (Fsp3) is 0.444. The first-order valence-corrected chi connectivity index (χ1v) is 5.33. The Kier molecular flexibility index (Phi) is 4.45. The lowest BCUT2D eigenvalue weighted by Crippen LogP contribution is -2.14. The van der Waals surface area contributed by atoms with Gasteiger partial charge in [-0.2, -0.15) is 4.98 Å². The maximum Gasteiger partial charge on any atom is 0.234 e. The van der Waals surface area contributed by atoms with Crippen molar-refractivity contribution in [2.75, 3.05) is 5.43 Å². The van der Waals surface area contributed by atoms with Gasteiger partial charge in [0.1, 0.15) is 5.02 Å². The predicted octanol–water partition coefficient (Wildman–Crippen LogP) is 2.85. The van der Waals surface area contributed by atoms with Crippen molar-refractivity contribution in [1.82, 2.24) is 4.98 Å². The Balaban J connectivity index is 2.97. The molecule has 0 aliphatic rings. The van der Waals surface area contributed by atoms with Crippen LogP contribution < -0.4 is 16.0 Å². The number of ether oxygens (including phenoxy) is 1. The third kappa shape index (κ3) is 3.12. The maximum absolute atomic E-state index is 5.92. The van der Waals surface area contributed by atoms with Crippen molar-refractivity contribution in [3.05, 3.63) is 16.1 Å². The molecule has 1 atom stereocenters. The van der Waals surface area contributed by atoms with Crippen LogP contribution >= 0.6 is 23.2 Å². The summed E-state index contributed by atoms with van der Waals surface area (Å²) in [7, 11) is 0. The van der Waals surface area contributed by atoms with Gasteiger partial charge >= 0.3 is 0 Å². The van der Waals surface area contributed by atoms with Crippen LogP contribution in [0.2, 0.25) is 10.0 Å². The highest BCUT2D eigenvalue weighted by molar-refractivity contribution is 6.36. The second-order valence-corrected chi connectivity index (χ2v) is 3.90. The molecular weight excluding hydrogens is 237 g/mol. The van der Waals surface area contributed by atoms with Gasteiger partial charge in [0.2, 0.25) is 5.88 Å². The lowest BCUT2D eigenvalue weighted by Gasteiger charge is -2.14. The Bertz CT molecular complexity index is 346. The summed E-state index contributed by atoms with van der Waals surface area (Å²) in [6.07, 6.45) is 0.910. The molecule has 1 aromatic rings. The van der Waals surface area contributed by atoms with Gasteiger partial charge in [-0.3, -0.25) is 0 Å². The van der Waals surface area contributed by atoms with Crippen LogP contribution in [0.5, 0.6) is 5.88 Å². The Morgan fingerprint density at radius 2 is 2.20 bits per heavy atom. The summed E-state index contributed by atoms with van der Waals surface area (Å²) in [5.74, 6) is 5.92. The maximum atomic E-state index is 5.92. The van der Waals surface area contributed by atoms with E-state index in [1.165, 1.54) is 0 Å². The van der Waals surface area contributed by atoms with E-state index in [1.807, 2.05) is 13.8 Å². The van der Waals surface area contributed by atoms with E-state index in [4.69, 9.17) is 33.8 Å². The standard InChI is InChI=1S/C9H13Cl2N3O/c1-3-5(2)15-9-7(11)4-6(10)8(13-9)14-12/h4-5H,3,12H2,1-2H3,(H,13,14). The Labute approximate surface area is 98.7 Å². The summed E-state index contributed by atoms with van der Waals surface area (Å²) < 4.78 is 5.49. The van der Waals surface area contributed by atoms with E-state index in [9.17, 15) is 0 Å². The van der Waals surface area contributed by atoms with Crippen LogP contribution in [0.4, 0.5) is 5.82 Å². The van der Waals surface area contributed by atoms with E-state index >= 15 is 0 Å². The Morgan fingerprint density at radius 1 is 1.53 bits per heavy atom. The number of halogens is 2. The molecule has 84 valence electrons. The summed E-state index contributed by atoms with van der Waals surface area (Å²) in [4.78, 5) is 4.06. The van der Waals surface area contributed by atoms with E-state index in [0.717, 1.165) is 6.42 Å². The molecule has 15 heavy (non-hydrogen) atoms. The summed E-state index contributed by atoms with van der Waals surface area (Å²) in [6.45, 7) is 3.94. The number of nitrogen functional groups attached to an aromatic ring is 1. The minimum Gasteiger partial charge on any atom is -0.474 e. The number of nitrogens with two attached hydrogens (primary N) is 1. The van der Waals surface area contributed by atoms with Crippen LogP contribution in [0.25, 0.3) is 0 Å². The lowest BCUT2D eigenvalue weighted by molar-refractivity contribution is 0.209. The molecule has 0 fully saturated rings. The molecule has 0 aromatic carbocycles. The van der Waals surface area contributed by atoms with Crippen molar-refractivity contribution in [3.8, 4) is 5.88 Å². The van der Waals surface area contributed by atoms with Crippen molar-refractivity contribution in [2.24, 2.45) is 5.84 Å². The van der Waals surface area contributed by atoms with E-state index in [-0.39, 0.29) is 6.10 Å². The van der Waals surface area contributed by atoms with Gasteiger partial charge in [-0.25, -0.2) is 5.84 Å². The zero-order valence-corrected chi connectivity index (χ0v) is 10.1. The average Bonchev–Trinajstić information content (AvgIpc) is 2.21. The molecule has 0 saturated heterocycles. The molecule has 1 heterocycles. The van der Waals surface area contributed by atoms with Crippen LogP contribution in [0.3, 0.4) is 0 Å². The Morgan fingerprint density at radius 3 is 2.73 bits per heavy atom. The SMILES string of the molecule is CCC(C)Oc1nc(NN)c(Cl)cc1Cl. The number of rotatable bonds is 4. The fourth-order valence-electron chi connectivity index (χ4n) is 0.907. The molecular formula is C9H13Cl2N3O. The van der Waals surface area contributed by atoms with Gasteiger partial charge < -0.3 is 10.2 Å². The zero-order valence-electron chi connectivity index (χ0n) is 8.55. The van der Waals surface area contributed by atoms with E-state index in [1.54, 1.807) is 6.07 Å². The smallest absolute Gasteiger partial charge is 0.234 e. The summed E-state index contributed by atoms with van der Waals surface area (Å²) in [5, 5.41) is 0.735. The molecule has 0 amide bonds. The molecule has 0 aliphatic carbocycles. The third-order valence-corrected chi connectivity index (χ3v) is 2.48. The monoisotopic (exact) mass is 249 g/mol. The number of hydrogen-bond donors (Lipinski definition) is 2. The summed E-state index contributed by atoms with van der Waals surface area (Å²) in [5.41, 5.74) is 2.37. The van der Waals surface area contributed by atoms with Crippen molar-refractivity contribution in [2.45, 2.75) is 26.4 Å². The number of hydrogen-bond acceptors (Lipinski definition) is 4. The number of nitrogens with zero attached hydrogens (tertiary/aromatic N) is 1. The second kappa shape index (κ2) is 5.39. The number of hydrazine groups is 1. The van der Waals surface area contributed by atoms with Gasteiger partial charge in [-0.15, -0.1) is 0 Å². The summed E-state index contributed by atoms with van der Waals surface area (Å²) in [6, 6.07) is 1.54. The average molecular weight is 250 g/mol. The van der Waals surface area contributed by atoms with Crippen molar-refractivity contribution in [1.29, 1.82) is 0 Å². The van der Waals surface area contributed by atoms with Gasteiger partial charge in [-0.05, 0) is 19.4 Å².